The second-order valence-electron chi connectivity index (χ2n) is 3.74. The van der Waals surface area contributed by atoms with Crippen LogP contribution in [0, 0.1) is 5.41 Å². The largest absolute Gasteiger partial charge is 0.321 e. The quantitative estimate of drug-likeness (QED) is 0.527. The summed E-state index contributed by atoms with van der Waals surface area (Å²) >= 11 is 11.6. The molecule has 76 valence electrons. The molecular weight excluding hydrogens is 243 g/mol. The lowest BCUT2D eigenvalue weighted by atomic mass is 9.97. The van der Waals surface area contributed by atoms with E-state index in [1.165, 1.54) is 11.4 Å². The van der Waals surface area contributed by atoms with Crippen LogP contribution in [0.5, 0.6) is 0 Å². The summed E-state index contributed by atoms with van der Waals surface area (Å²) in [6.07, 6.45) is 0. The zero-order valence-corrected chi connectivity index (χ0v) is 11.2. The highest BCUT2D eigenvalue weighted by Crippen LogP contribution is 2.64. The van der Waals surface area contributed by atoms with Crippen LogP contribution in [0.3, 0.4) is 0 Å². The van der Waals surface area contributed by atoms with Crippen molar-refractivity contribution in [1.29, 1.82) is 0 Å². The van der Waals surface area contributed by atoms with E-state index in [0.29, 0.717) is 13.2 Å². The lowest BCUT2D eigenvalue weighted by Crippen LogP contribution is -2.28. The van der Waals surface area contributed by atoms with Crippen molar-refractivity contribution in [3.8, 4) is 0 Å². The number of thiocarbonyl (C=S) groups is 1. The van der Waals surface area contributed by atoms with E-state index < -0.39 is 5.69 Å². The first-order valence-corrected chi connectivity index (χ1v) is 8.39. The van der Waals surface area contributed by atoms with Crippen LogP contribution in [0.25, 0.3) is 0 Å². The summed E-state index contributed by atoms with van der Waals surface area (Å²) in [5.41, 5.74) is -2.06. The molecule has 0 amide bonds. The van der Waals surface area contributed by atoms with Gasteiger partial charge in [0, 0.05) is 5.41 Å². The van der Waals surface area contributed by atoms with Gasteiger partial charge in [0.1, 0.15) is 0 Å². The van der Waals surface area contributed by atoms with Gasteiger partial charge >= 0.3 is 0 Å². The van der Waals surface area contributed by atoms with E-state index in [-0.39, 0.29) is 5.41 Å². The van der Waals surface area contributed by atoms with Crippen LogP contribution in [-0.4, -0.2) is 17.4 Å². The second-order valence-corrected chi connectivity index (χ2v) is 10.9. The van der Waals surface area contributed by atoms with E-state index in [0.717, 1.165) is 4.20 Å². The van der Waals surface area contributed by atoms with Gasteiger partial charge in [0.2, 0.25) is 0 Å². The van der Waals surface area contributed by atoms with E-state index >= 15 is 0 Å². The fourth-order valence-corrected chi connectivity index (χ4v) is 6.51. The normalized spacial score (nSPS) is 25.5. The maximum atomic E-state index is 5.57. The maximum Gasteiger partial charge on any atom is 0.252 e. The van der Waals surface area contributed by atoms with Crippen molar-refractivity contribution in [3.05, 3.63) is 0 Å². The highest BCUT2D eigenvalue weighted by molar-refractivity contribution is 8.75. The highest BCUT2D eigenvalue weighted by Gasteiger charge is 2.33. The minimum Gasteiger partial charge on any atom is -0.321 e. The third kappa shape index (κ3) is 3.94. The minimum absolute atomic E-state index is 0.0816. The predicted molar refractivity (Wildman–Crippen MR) is 65.8 cm³/mol. The highest BCUT2D eigenvalue weighted by atomic mass is 32.9. The molecule has 1 fully saturated rings. The fraction of sp³-hybridized carbons (Fsp3) is 0.857. The summed E-state index contributed by atoms with van der Waals surface area (Å²) in [5, 5.41) is 0. The van der Waals surface area contributed by atoms with Crippen molar-refractivity contribution in [2.24, 2.45) is 5.41 Å². The van der Waals surface area contributed by atoms with E-state index in [2.05, 4.69) is 13.8 Å². The van der Waals surface area contributed by atoms with Crippen LogP contribution in [0.4, 0.5) is 0 Å². The van der Waals surface area contributed by atoms with Crippen LogP contribution < -0.4 is 0 Å². The number of hydrogen-bond donors (Lipinski definition) is 0. The van der Waals surface area contributed by atoms with Crippen LogP contribution in [0.2, 0.25) is 0 Å². The Balaban J connectivity index is 2.57. The molecule has 0 spiro atoms. The van der Waals surface area contributed by atoms with E-state index in [4.69, 9.17) is 33.1 Å². The van der Waals surface area contributed by atoms with E-state index in [1.807, 2.05) is 6.92 Å². The van der Waals surface area contributed by atoms with Gasteiger partial charge in [0.05, 0.1) is 17.4 Å². The standard InChI is InChI=1S/C7H13O2PS3/c1-6(11)13-10(12)8-4-7(2,3)5-9-10/h4-5H2,1-3H3. The molecule has 0 bridgehead atoms. The minimum atomic E-state index is -2.14. The molecule has 0 aromatic heterocycles. The van der Waals surface area contributed by atoms with E-state index in [1.54, 1.807) is 0 Å². The Labute approximate surface area is 93.7 Å². The lowest BCUT2D eigenvalue weighted by molar-refractivity contribution is 0.0673. The van der Waals surface area contributed by atoms with Crippen molar-refractivity contribution in [2.45, 2.75) is 20.8 Å². The molecular formula is C7H13O2PS3. The fourth-order valence-electron chi connectivity index (χ4n) is 0.797. The Morgan fingerprint density at radius 2 is 1.85 bits per heavy atom. The van der Waals surface area contributed by atoms with Gasteiger partial charge in [-0.2, -0.15) is 0 Å². The van der Waals surface area contributed by atoms with E-state index in [9.17, 15) is 0 Å². The Morgan fingerprint density at radius 3 is 2.23 bits per heavy atom. The molecule has 0 radical (unpaired) electrons. The van der Waals surface area contributed by atoms with Crippen molar-refractivity contribution in [1.82, 2.24) is 0 Å². The Bertz CT molecular complexity index is 250. The molecule has 0 atom stereocenters. The van der Waals surface area contributed by atoms with Gasteiger partial charge in [-0.15, -0.1) is 0 Å². The molecule has 0 aromatic carbocycles. The third-order valence-electron chi connectivity index (χ3n) is 1.47. The number of rotatable bonds is 1. The first kappa shape index (κ1) is 12.1. The summed E-state index contributed by atoms with van der Waals surface area (Å²) in [4.78, 5) is 0. The van der Waals surface area contributed by atoms with Crippen LogP contribution in [-0.2, 0) is 20.9 Å². The van der Waals surface area contributed by atoms with Crippen LogP contribution in [0.1, 0.15) is 20.8 Å². The zero-order chi connectivity index (χ0) is 10.1. The summed E-state index contributed by atoms with van der Waals surface area (Å²) in [5.74, 6) is 0. The monoisotopic (exact) mass is 256 g/mol. The Morgan fingerprint density at radius 1 is 1.38 bits per heavy atom. The second kappa shape index (κ2) is 4.25. The van der Waals surface area contributed by atoms with Gasteiger partial charge in [-0.1, -0.05) is 26.1 Å². The molecule has 0 aliphatic carbocycles. The molecule has 0 saturated carbocycles. The summed E-state index contributed by atoms with van der Waals surface area (Å²) in [7, 11) is 0. The van der Waals surface area contributed by atoms with Crippen molar-refractivity contribution in [2.75, 3.05) is 13.2 Å². The molecule has 0 aromatic rings. The molecule has 2 nitrogen and oxygen atoms in total. The third-order valence-corrected chi connectivity index (χ3v) is 6.89. The summed E-state index contributed by atoms with van der Waals surface area (Å²) in [6, 6.07) is 0. The molecule has 1 saturated heterocycles. The molecule has 1 aliphatic rings. The van der Waals surface area contributed by atoms with Crippen molar-refractivity contribution >= 4 is 45.3 Å². The first-order chi connectivity index (χ1) is 5.83. The molecule has 1 aliphatic heterocycles. The molecule has 1 rings (SSSR count). The molecule has 0 N–H and O–H groups in total. The average molecular weight is 256 g/mol. The van der Waals surface area contributed by atoms with Crippen LogP contribution in [0.15, 0.2) is 0 Å². The van der Waals surface area contributed by atoms with Gasteiger partial charge < -0.3 is 9.05 Å². The molecule has 0 unspecified atom stereocenters. The molecule has 13 heavy (non-hydrogen) atoms. The maximum absolute atomic E-state index is 5.57. The van der Waals surface area contributed by atoms with Crippen molar-refractivity contribution in [3.63, 3.8) is 0 Å². The van der Waals surface area contributed by atoms with Crippen molar-refractivity contribution < 1.29 is 9.05 Å². The predicted octanol–water partition coefficient (Wildman–Crippen LogP) is 3.36. The zero-order valence-electron chi connectivity index (χ0n) is 7.90. The van der Waals surface area contributed by atoms with Gasteiger partial charge in [-0.05, 0) is 30.1 Å². The lowest BCUT2D eigenvalue weighted by Gasteiger charge is -2.35. The number of hydrogen-bond acceptors (Lipinski definition) is 5. The topological polar surface area (TPSA) is 18.5 Å². The summed E-state index contributed by atoms with van der Waals surface area (Å²) < 4.78 is 11.9. The Kier molecular flexibility index (Phi) is 3.95. The first-order valence-electron chi connectivity index (χ1n) is 3.92. The van der Waals surface area contributed by atoms with Gasteiger partial charge in [0.25, 0.3) is 5.69 Å². The van der Waals surface area contributed by atoms with Gasteiger partial charge in [-0.25, -0.2) is 0 Å². The average Bonchev–Trinajstić information content (AvgIpc) is 1.95. The smallest absolute Gasteiger partial charge is 0.252 e. The molecule has 1 heterocycles. The van der Waals surface area contributed by atoms with Gasteiger partial charge in [-0.3, -0.25) is 0 Å². The Hall–Kier alpha value is 1.01. The molecule has 6 heteroatoms. The van der Waals surface area contributed by atoms with Gasteiger partial charge in [0.15, 0.2) is 0 Å². The SMILES string of the molecule is CC(=S)SP1(=S)OCC(C)(C)CO1. The van der Waals surface area contributed by atoms with Crippen LogP contribution >= 0.6 is 29.3 Å². The summed E-state index contributed by atoms with van der Waals surface area (Å²) in [6.45, 7) is 7.38.